The minimum absolute atomic E-state index is 0.194. The Bertz CT molecular complexity index is 809. The van der Waals surface area contributed by atoms with Crippen LogP contribution in [0.15, 0.2) is 48.7 Å². The van der Waals surface area contributed by atoms with Crippen LogP contribution in [-0.2, 0) is 17.9 Å². The first-order chi connectivity index (χ1) is 13.9. The van der Waals surface area contributed by atoms with Gasteiger partial charge in [0.15, 0.2) is 0 Å². The number of ether oxygens (including phenoxy) is 1. The highest BCUT2D eigenvalue weighted by molar-refractivity contribution is 5.82. The molecule has 2 aromatic rings. The highest BCUT2D eigenvalue weighted by Crippen LogP contribution is 2.33. The zero-order chi connectivity index (χ0) is 20.9. The van der Waals surface area contributed by atoms with Gasteiger partial charge in [0.25, 0.3) is 0 Å². The Hall–Kier alpha value is -2.40. The predicted octanol–water partition coefficient (Wildman–Crippen LogP) is 3.99. The van der Waals surface area contributed by atoms with Crippen LogP contribution in [0.1, 0.15) is 38.4 Å². The molecule has 5 nitrogen and oxygen atoms in total. The Morgan fingerprint density at radius 2 is 2.10 bits per heavy atom. The van der Waals surface area contributed by atoms with Gasteiger partial charge in [0, 0.05) is 26.3 Å². The zero-order valence-corrected chi connectivity index (χ0v) is 18.1. The minimum Gasteiger partial charge on any atom is -0.493 e. The number of likely N-dealkylation sites (tertiary alicyclic amines) is 1. The van der Waals surface area contributed by atoms with Gasteiger partial charge in [0.1, 0.15) is 5.75 Å². The molecule has 0 N–H and O–H groups in total. The number of nitrogens with zero attached hydrogens (tertiary/aromatic N) is 3. The average molecular weight is 396 g/mol. The monoisotopic (exact) mass is 395 g/mol. The molecule has 29 heavy (non-hydrogen) atoms. The molecule has 156 valence electrons. The van der Waals surface area contributed by atoms with Gasteiger partial charge in [-0.15, -0.1) is 0 Å². The number of benzene rings is 1. The van der Waals surface area contributed by atoms with Crippen molar-refractivity contribution < 1.29 is 9.53 Å². The van der Waals surface area contributed by atoms with Crippen molar-refractivity contribution in [3.8, 4) is 5.75 Å². The number of carbonyl (C=O) groups is 1. The standard InChI is InChI=1S/C24H33N3O2/c1-19(2)17-29-22-10-7-8-20(14-22)15-27-13-11-24(3,18-27)23(28)26(4)16-21-9-5-6-12-25-21/h5-10,12,14,19H,11,13,15-18H2,1-4H3. The highest BCUT2D eigenvalue weighted by atomic mass is 16.5. The van der Waals surface area contributed by atoms with Gasteiger partial charge in [0.2, 0.25) is 5.91 Å². The van der Waals surface area contributed by atoms with Crippen LogP contribution in [0.3, 0.4) is 0 Å². The van der Waals surface area contributed by atoms with Crippen LogP contribution < -0.4 is 4.74 Å². The van der Waals surface area contributed by atoms with E-state index in [1.54, 1.807) is 6.20 Å². The summed E-state index contributed by atoms with van der Waals surface area (Å²) in [4.78, 5) is 21.6. The molecule has 5 heteroatoms. The van der Waals surface area contributed by atoms with Crippen molar-refractivity contribution in [2.45, 2.75) is 40.3 Å². The lowest BCUT2D eigenvalue weighted by Crippen LogP contribution is -2.41. The largest absolute Gasteiger partial charge is 0.493 e. The Morgan fingerprint density at radius 3 is 2.83 bits per heavy atom. The van der Waals surface area contributed by atoms with Crippen LogP contribution in [0, 0.1) is 11.3 Å². The second-order valence-electron chi connectivity index (χ2n) is 8.86. The molecular weight excluding hydrogens is 362 g/mol. The van der Waals surface area contributed by atoms with Crippen molar-refractivity contribution in [1.82, 2.24) is 14.8 Å². The van der Waals surface area contributed by atoms with Crippen molar-refractivity contribution in [3.05, 3.63) is 59.9 Å². The molecule has 2 heterocycles. The van der Waals surface area contributed by atoms with Crippen molar-refractivity contribution in [2.24, 2.45) is 11.3 Å². The Labute approximate surface area is 174 Å². The lowest BCUT2D eigenvalue weighted by Gasteiger charge is -2.29. The molecule has 1 aliphatic heterocycles. The van der Waals surface area contributed by atoms with Gasteiger partial charge in [-0.25, -0.2) is 0 Å². The summed E-state index contributed by atoms with van der Waals surface area (Å²) in [5.74, 6) is 1.62. The molecule has 1 aromatic carbocycles. The molecule has 0 radical (unpaired) electrons. The summed E-state index contributed by atoms with van der Waals surface area (Å²) < 4.78 is 5.85. The van der Waals surface area contributed by atoms with Crippen LogP contribution >= 0.6 is 0 Å². The molecule has 1 fully saturated rings. The number of carbonyl (C=O) groups excluding carboxylic acids is 1. The zero-order valence-electron chi connectivity index (χ0n) is 18.1. The number of pyridine rings is 1. The quantitative estimate of drug-likeness (QED) is 0.678. The first kappa shape index (κ1) is 21.3. The molecule has 1 unspecified atom stereocenters. The second kappa shape index (κ2) is 9.40. The number of aromatic nitrogens is 1. The maximum atomic E-state index is 13.1. The summed E-state index contributed by atoms with van der Waals surface area (Å²) in [5.41, 5.74) is 1.79. The number of hydrogen-bond acceptors (Lipinski definition) is 4. The van der Waals surface area contributed by atoms with E-state index in [0.717, 1.165) is 44.1 Å². The number of hydrogen-bond donors (Lipinski definition) is 0. The molecule has 0 spiro atoms. The minimum atomic E-state index is -0.352. The summed E-state index contributed by atoms with van der Waals surface area (Å²) in [6, 6.07) is 14.1. The Balaban J connectivity index is 1.57. The van der Waals surface area contributed by atoms with Crippen LogP contribution in [0.2, 0.25) is 0 Å². The Morgan fingerprint density at radius 1 is 1.28 bits per heavy atom. The predicted molar refractivity (Wildman–Crippen MR) is 115 cm³/mol. The van der Waals surface area contributed by atoms with Crippen molar-refractivity contribution in [1.29, 1.82) is 0 Å². The summed E-state index contributed by atoms with van der Waals surface area (Å²) in [5, 5.41) is 0. The molecule has 0 saturated carbocycles. The molecule has 1 aromatic heterocycles. The van der Waals surface area contributed by atoms with Crippen LogP contribution in [0.4, 0.5) is 0 Å². The maximum absolute atomic E-state index is 13.1. The van der Waals surface area contributed by atoms with E-state index in [-0.39, 0.29) is 11.3 Å². The van der Waals surface area contributed by atoms with E-state index in [1.165, 1.54) is 5.56 Å². The van der Waals surface area contributed by atoms with Gasteiger partial charge < -0.3 is 9.64 Å². The molecule has 1 amide bonds. The Kier molecular flexibility index (Phi) is 6.91. The van der Waals surface area contributed by atoms with E-state index in [0.29, 0.717) is 12.5 Å². The highest BCUT2D eigenvalue weighted by Gasteiger charge is 2.41. The van der Waals surface area contributed by atoms with E-state index in [4.69, 9.17) is 4.74 Å². The molecule has 1 saturated heterocycles. The van der Waals surface area contributed by atoms with Crippen LogP contribution in [-0.4, -0.2) is 47.4 Å². The lowest BCUT2D eigenvalue weighted by molar-refractivity contribution is -0.139. The molecule has 0 aliphatic carbocycles. The third-order valence-corrected chi connectivity index (χ3v) is 5.43. The van der Waals surface area contributed by atoms with Gasteiger partial charge in [-0.2, -0.15) is 0 Å². The van der Waals surface area contributed by atoms with E-state index < -0.39 is 0 Å². The lowest BCUT2D eigenvalue weighted by atomic mass is 9.88. The molecule has 3 rings (SSSR count). The van der Waals surface area contributed by atoms with E-state index >= 15 is 0 Å². The molecular formula is C24H33N3O2. The van der Waals surface area contributed by atoms with Crippen LogP contribution in [0.5, 0.6) is 5.75 Å². The molecule has 0 bridgehead atoms. The van der Waals surface area contributed by atoms with E-state index in [2.05, 4.69) is 42.8 Å². The van der Waals surface area contributed by atoms with Gasteiger partial charge in [-0.05, 0) is 55.6 Å². The molecule has 1 aliphatic rings. The van der Waals surface area contributed by atoms with E-state index in [9.17, 15) is 4.79 Å². The first-order valence-electron chi connectivity index (χ1n) is 10.5. The average Bonchev–Trinajstić information content (AvgIpc) is 3.08. The summed E-state index contributed by atoms with van der Waals surface area (Å²) in [6.45, 7) is 10.2. The third-order valence-electron chi connectivity index (χ3n) is 5.43. The fraction of sp³-hybridized carbons (Fsp3) is 0.500. The number of rotatable bonds is 8. The fourth-order valence-electron chi connectivity index (χ4n) is 3.89. The summed E-state index contributed by atoms with van der Waals surface area (Å²) in [6.07, 6.45) is 2.65. The SMILES string of the molecule is CC(C)COc1cccc(CN2CCC(C)(C(=O)N(C)Cc3ccccn3)C2)c1. The van der Waals surface area contributed by atoms with Crippen molar-refractivity contribution in [2.75, 3.05) is 26.7 Å². The summed E-state index contributed by atoms with van der Waals surface area (Å²) >= 11 is 0. The smallest absolute Gasteiger partial charge is 0.229 e. The van der Waals surface area contributed by atoms with Gasteiger partial charge in [-0.3, -0.25) is 14.7 Å². The number of amides is 1. The maximum Gasteiger partial charge on any atom is 0.229 e. The van der Waals surface area contributed by atoms with E-state index in [1.807, 2.05) is 42.3 Å². The third kappa shape index (κ3) is 5.80. The van der Waals surface area contributed by atoms with Gasteiger partial charge in [0.05, 0.1) is 24.3 Å². The van der Waals surface area contributed by atoms with Crippen molar-refractivity contribution in [3.63, 3.8) is 0 Å². The molecule has 1 atom stereocenters. The summed E-state index contributed by atoms with van der Waals surface area (Å²) in [7, 11) is 1.88. The first-order valence-corrected chi connectivity index (χ1v) is 10.5. The van der Waals surface area contributed by atoms with Crippen LogP contribution in [0.25, 0.3) is 0 Å². The van der Waals surface area contributed by atoms with Gasteiger partial charge in [-0.1, -0.05) is 32.0 Å². The van der Waals surface area contributed by atoms with Crippen molar-refractivity contribution >= 4 is 5.91 Å². The second-order valence-corrected chi connectivity index (χ2v) is 8.86. The topological polar surface area (TPSA) is 45.7 Å². The normalized spacial score (nSPS) is 19.5. The fourth-order valence-corrected chi connectivity index (χ4v) is 3.89. The van der Waals surface area contributed by atoms with Gasteiger partial charge >= 0.3 is 0 Å².